The SMILES string of the molecule is CCCCCCCCCCCCCCCCCCNC(N)=S. The minimum absolute atomic E-state index is 0.431. The number of unbranched alkanes of at least 4 members (excludes halogenated alkanes) is 15. The van der Waals surface area contributed by atoms with E-state index in [4.69, 9.17) is 18.0 Å². The van der Waals surface area contributed by atoms with Gasteiger partial charge < -0.3 is 11.1 Å². The van der Waals surface area contributed by atoms with Crippen molar-refractivity contribution in [1.29, 1.82) is 0 Å². The Hall–Kier alpha value is -0.310. The Bertz CT molecular complexity index is 231. The van der Waals surface area contributed by atoms with Crippen LogP contribution in [-0.4, -0.2) is 11.7 Å². The average molecular weight is 329 g/mol. The van der Waals surface area contributed by atoms with E-state index in [1.54, 1.807) is 0 Å². The molecule has 0 atom stereocenters. The number of hydrogen-bond acceptors (Lipinski definition) is 1. The normalized spacial score (nSPS) is 10.8. The first-order chi connectivity index (χ1) is 10.8. The number of rotatable bonds is 17. The van der Waals surface area contributed by atoms with E-state index in [1.165, 1.54) is 103 Å². The predicted molar refractivity (Wildman–Crippen MR) is 104 cm³/mol. The summed E-state index contributed by atoms with van der Waals surface area (Å²) < 4.78 is 0. The Balaban J connectivity index is 2.95. The summed E-state index contributed by atoms with van der Waals surface area (Å²) >= 11 is 4.77. The van der Waals surface area contributed by atoms with Crippen LogP contribution < -0.4 is 11.1 Å². The summed E-state index contributed by atoms with van der Waals surface area (Å²) in [6.45, 7) is 3.22. The molecule has 0 saturated heterocycles. The zero-order valence-corrected chi connectivity index (χ0v) is 15.8. The molecule has 0 aliphatic rings. The minimum Gasteiger partial charge on any atom is -0.376 e. The van der Waals surface area contributed by atoms with Crippen molar-refractivity contribution in [1.82, 2.24) is 5.32 Å². The lowest BCUT2D eigenvalue weighted by molar-refractivity contribution is 0.529. The standard InChI is InChI=1S/C19H40N2S/c1-2-3-4-5-6-7-8-9-10-11-12-13-14-15-16-17-18-21-19(20)22/h2-18H2,1H3,(H3,20,21,22). The molecule has 0 unspecified atom stereocenters. The molecule has 3 heteroatoms. The molecule has 2 nitrogen and oxygen atoms in total. The second kappa shape index (κ2) is 18.7. The summed E-state index contributed by atoms with van der Waals surface area (Å²) in [6, 6.07) is 0. The number of hydrogen-bond donors (Lipinski definition) is 2. The van der Waals surface area contributed by atoms with Gasteiger partial charge in [-0.2, -0.15) is 0 Å². The van der Waals surface area contributed by atoms with Crippen LogP contribution in [0.15, 0.2) is 0 Å². The maximum atomic E-state index is 5.38. The summed E-state index contributed by atoms with van der Waals surface area (Å²) in [6.07, 6.45) is 22.5. The Morgan fingerprint density at radius 1 is 0.636 bits per heavy atom. The summed E-state index contributed by atoms with van der Waals surface area (Å²) in [5.41, 5.74) is 5.38. The summed E-state index contributed by atoms with van der Waals surface area (Å²) in [7, 11) is 0. The molecule has 0 saturated carbocycles. The molecule has 0 rings (SSSR count). The van der Waals surface area contributed by atoms with Gasteiger partial charge in [-0.15, -0.1) is 0 Å². The second-order valence-corrected chi connectivity index (χ2v) is 7.03. The lowest BCUT2D eigenvalue weighted by atomic mass is 10.0. The van der Waals surface area contributed by atoms with Crippen molar-refractivity contribution in [2.75, 3.05) is 6.54 Å². The maximum absolute atomic E-state index is 5.38. The Kier molecular flexibility index (Phi) is 18.5. The van der Waals surface area contributed by atoms with Crippen molar-refractivity contribution < 1.29 is 0 Å². The van der Waals surface area contributed by atoms with E-state index < -0.39 is 0 Å². The van der Waals surface area contributed by atoms with E-state index in [-0.39, 0.29) is 0 Å². The lowest BCUT2D eigenvalue weighted by Crippen LogP contribution is -2.29. The van der Waals surface area contributed by atoms with Crippen molar-refractivity contribution in [2.45, 2.75) is 110 Å². The maximum Gasteiger partial charge on any atom is 0.163 e. The van der Waals surface area contributed by atoms with Crippen molar-refractivity contribution >= 4 is 17.3 Å². The Morgan fingerprint density at radius 2 is 0.955 bits per heavy atom. The van der Waals surface area contributed by atoms with Gasteiger partial charge in [-0.05, 0) is 18.6 Å². The van der Waals surface area contributed by atoms with Gasteiger partial charge in [-0.1, -0.05) is 103 Å². The van der Waals surface area contributed by atoms with E-state index >= 15 is 0 Å². The number of nitrogens with one attached hydrogen (secondary N) is 1. The molecule has 0 aromatic rings. The van der Waals surface area contributed by atoms with Gasteiger partial charge in [-0.3, -0.25) is 0 Å². The summed E-state index contributed by atoms with van der Waals surface area (Å²) in [4.78, 5) is 0. The molecule has 0 fully saturated rings. The molecular weight excluding hydrogens is 288 g/mol. The first-order valence-corrected chi connectivity index (χ1v) is 10.2. The van der Waals surface area contributed by atoms with Gasteiger partial charge in [0.15, 0.2) is 5.11 Å². The van der Waals surface area contributed by atoms with Gasteiger partial charge in [0, 0.05) is 6.54 Å². The number of thiocarbonyl (C=S) groups is 1. The highest BCUT2D eigenvalue weighted by molar-refractivity contribution is 7.80. The fourth-order valence-corrected chi connectivity index (χ4v) is 2.99. The van der Waals surface area contributed by atoms with Crippen LogP contribution in [0.5, 0.6) is 0 Å². The van der Waals surface area contributed by atoms with Crippen molar-refractivity contribution in [3.8, 4) is 0 Å². The largest absolute Gasteiger partial charge is 0.376 e. The third kappa shape index (κ3) is 19.7. The van der Waals surface area contributed by atoms with Crippen LogP contribution in [0, 0.1) is 0 Å². The van der Waals surface area contributed by atoms with Crippen LogP contribution in [-0.2, 0) is 0 Å². The summed E-state index contributed by atoms with van der Waals surface area (Å²) in [5, 5.41) is 3.44. The zero-order valence-electron chi connectivity index (χ0n) is 15.0. The third-order valence-corrected chi connectivity index (χ3v) is 4.47. The second-order valence-electron chi connectivity index (χ2n) is 6.59. The van der Waals surface area contributed by atoms with Gasteiger partial charge in [-0.25, -0.2) is 0 Å². The molecular formula is C19H40N2S. The predicted octanol–water partition coefficient (Wildman–Crippen LogP) is 6.08. The fourth-order valence-electron chi connectivity index (χ4n) is 2.88. The quantitative estimate of drug-likeness (QED) is 0.251. The van der Waals surface area contributed by atoms with Crippen LogP contribution in [0.3, 0.4) is 0 Å². The summed E-state index contributed by atoms with van der Waals surface area (Å²) in [5.74, 6) is 0. The highest BCUT2D eigenvalue weighted by Crippen LogP contribution is 2.13. The first-order valence-electron chi connectivity index (χ1n) is 9.80. The molecule has 0 amide bonds. The molecule has 22 heavy (non-hydrogen) atoms. The van der Waals surface area contributed by atoms with Crippen LogP contribution in [0.1, 0.15) is 110 Å². The topological polar surface area (TPSA) is 38.0 Å². The van der Waals surface area contributed by atoms with Gasteiger partial charge in [0.1, 0.15) is 0 Å². The van der Waals surface area contributed by atoms with Crippen LogP contribution >= 0.6 is 12.2 Å². The number of nitrogens with two attached hydrogens (primary N) is 1. The molecule has 0 radical (unpaired) electrons. The molecule has 3 N–H and O–H groups in total. The van der Waals surface area contributed by atoms with Gasteiger partial charge in [0.2, 0.25) is 0 Å². The fraction of sp³-hybridized carbons (Fsp3) is 0.947. The molecule has 132 valence electrons. The third-order valence-electron chi connectivity index (χ3n) is 4.33. The van der Waals surface area contributed by atoms with Gasteiger partial charge >= 0.3 is 0 Å². The monoisotopic (exact) mass is 328 g/mol. The average Bonchev–Trinajstić information content (AvgIpc) is 2.50. The Morgan fingerprint density at radius 3 is 1.27 bits per heavy atom. The van der Waals surface area contributed by atoms with Crippen molar-refractivity contribution in [3.05, 3.63) is 0 Å². The molecule has 0 aromatic carbocycles. The van der Waals surface area contributed by atoms with Gasteiger partial charge in [0.25, 0.3) is 0 Å². The molecule has 0 aromatic heterocycles. The smallest absolute Gasteiger partial charge is 0.163 e. The van der Waals surface area contributed by atoms with E-state index in [0.29, 0.717) is 5.11 Å². The molecule has 0 bridgehead atoms. The van der Waals surface area contributed by atoms with E-state index in [1.807, 2.05) is 0 Å². The molecule has 0 aliphatic heterocycles. The molecule has 0 heterocycles. The highest BCUT2D eigenvalue weighted by Gasteiger charge is 1.94. The Labute approximate surface area is 145 Å². The molecule has 0 spiro atoms. The van der Waals surface area contributed by atoms with E-state index in [9.17, 15) is 0 Å². The van der Waals surface area contributed by atoms with E-state index in [2.05, 4.69) is 12.2 Å². The van der Waals surface area contributed by atoms with Crippen LogP contribution in [0.2, 0.25) is 0 Å². The lowest BCUT2D eigenvalue weighted by Gasteiger charge is -2.04. The highest BCUT2D eigenvalue weighted by atomic mass is 32.1. The van der Waals surface area contributed by atoms with E-state index in [0.717, 1.165) is 6.54 Å². The first kappa shape index (κ1) is 21.7. The minimum atomic E-state index is 0.431. The van der Waals surface area contributed by atoms with Gasteiger partial charge in [0.05, 0.1) is 0 Å². The van der Waals surface area contributed by atoms with Crippen molar-refractivity contribution in [2.24, 2.45) is 5.73 Å². The zero-order chi connectivity index (χ0) is 16.3. The van der Waals surface area contributed by atoms with Crippen molar-refractivity contribution in [3.63, 3.8) is 0 Å². The molecule has 0 aliphatic carbocycles. The van der Waals surface area contributed by atoms with Crippen LogP contribution in [0.25, 0.3) is 0 Å². The van der Waals surface area contributed by atoms with Crippen LogP contribution in [0.4, 0.5) is 0 Å².